The maximum Gasteiger partial charge on any atom is 0.311 e. The Balaban J connectivity index is 2.06. The summed E-state index contributed by atoms with van der Waals surface area (Å²) in [4.78, 5) is 22.6. The number of nitro groups is 1. The number of amides is 1. The molecule has 1 aliphatic rings. The highest BCUT2D eigenvalue weighted by Gasteiger charge is 2.32. The summed E-state index contributed by atoms with van der Waals surface area (Å²) in [5.41, 5.74) is 3.44. The van der Waals surface area contributed by atoms with Gasteiger partial charge in [0.15, 0.2) is 5.75 Å². The molecule has 0 saturated carbocycles. The van der Waals surface area contributed by atoms with Crippen LogP contribution in [0.5, 0.6) is 5.75 Å². The molecule has 9 heteroatoms. The zero-order chi connectivity index (χ0) is 17.7. The van der Waals surface area contributed by atoms with Crippen molar-refractivity contribution >= 4 is 40.8 Å². The van der Waals surface area contributed by atoms with Gasteiger partial charge in [0.05, 0.1) is 28.2 Å². The van der Waals surface area contributed by atoms with Crippen LogP contribution >= 0.6 is 23.5 Å². The van der Waals surface area contributed by atoms with Crippen molar-refractivity contribution in [3.63, 3.8) is 0 Å². The van der Waals surface area contributed by atoms with Gasteiger partial charge in [0.1, 0.15) is 0 Å². The van der Waals surface area contributed by atoms with Gasteiger partial charge < -0.3 is 4.74 Å². The number of benzene rings is 1. The molecule has 1 amide bonds. The molecule has 1 heterocycles. The molecule has 0 unspecified atom stereocenters. The highest BCUT2D eigenvalue weighted by atomic mass is 32.2. The number of ether oxygens (including phenoxy) is 1. The quantitative estimate of drug-likeness (QED) is 0.471. The van der Waals surface area contributed by atoms with E-state index in [1.54, 1.807) is 36.5 Å². The van der Waals surface area contributed by atoms with Gasteiger partial charge >= 0.3 is 5.69 Å². The number of hydrogen-bond donors (Lipinski definition) is 1. The van der Waals surface area contributed by atoms with Crippen molar-refractivity contribution in [2.24, 2.45) is 5.10 Å². The number of carbonyl (C=O) groups excluding carboxylic acids is 1. The molecule has 0 atom stereocenters. The van der Waals surface area contributed by atoms with Crippen molar-refractivity contribution in [1.29, 1.82) is 0 Å². The van der Waals surface area contributed by atoms with Crippen LogP contribution < -0.4 is 10.2 Å². The van der Waals surface area contributed by atoms with Gasteiger partial charge in [-0.15, -0.1) is 23.5 Å². The lowest BCUT2D eigenvalue weighted by atomic mass is 10.1. The second kappa shape index (κ2) is 7.89. The maximum absolute atomic E-state index is 12.0. The largest absolute Gasteiger partial charge is 0.490 e. The minimum Gasteiger partial charge on any atom is -0.490 e. The minimum absolute atomic E-state index is 0.105. The average molecular weight is 369 g/mol. The summed E-state index contributed by atoms with van der Waals surface area (Å²) in [6.45, 7) is 3.74. The third-order valence-electron chi connectivity index (χ3n) is 3.52. The number of hydrogen-bond acceptors (Lipinski definition) is 7. The Kier molecular flexibility index (Phi) is 6.11. The van der Waals surface area contributed by atoms with Gasteiger partial charge in [-0.1, -0.05) is 0 Å². The molecule has 24 heavy (non-hydrogen) atoms. The Hall–Kier alpha value is -1.74. The first-order valence-corrected chi connectivity index (χ1v) is 9.25. The van der Waals surface area contributed by atoms with Crippen molar-refractivity contribution in [1.82, 2.24) is 5.43 Å². The Bertz CT molecular complexity index is 673. The molecule has 1 N–H and O–H groups in total. The van der Waals surface area contributed by atoms with Crippen LogP contribution in [0.15, 0.2) is 23.3 Å². The van der Waals surface area contributed by atoms with Crippen LogP contribution in [-0.2, 0) is 4.79 Å². The molecule has 2 rings (SSSR count). The molecule has 1 fully saturated rings. The topological polar surface area (TPSA) is 93.8 Å². The zero-order valence-corrected chi connectivity index (χ0v) is 15.3. The van der Waals surface area contributed by atoms with Crippen molar-refractivity contribution in [3.05, 3.63) is 33.9 Å². The summed E-state index contributed by atoms with van der Waals surface area (Å²) in [6, 6.07) is 4.57. The van der Waals surface area contributed by atoms with E-state index in [2.05, 4.69) is 17.5 Å². The van der Waals surface area contributed by atoms with Gasteiger partial charge in [-0.3, -0.25) is 14.9 Å². The van der Waals surface area contributed by atoms with Crippen LogP contribution in [0.2, 0.25) is 0 Å². The normalized spacial score (nSPS) is 16.7. The zero-order valence-electron chi connectivity index (χ0n) is 13.7. The van der Waals surface area contributed by atoms with Crippen LogP contribution in [0.4, 0.5) is 5.69 Å². The number of nitrogens with zero attached hydrogens (tertiary/aromatic N) is 2. The van der Waals surface area contributed by atoms with E-state index in [0.29, 0.717) is 17.7 Å². The second-order valence-corrected chi connectivity index (χ2v) is 8.84. The minimum atomic E-state index is -0.510. The molecule has 1 aliphatic heterocycles. The average Bonchev–Trinajstić information content (AvgIpc) is 2.97. The highest BCUT2D eigenvalue weighted by molar-refractivity contribution is 8.21. The molecular formula is C15H19N3O4S2. The second-order valence-electron chi connectivity index (χ2n) is 5.38. The first-order valence-electron chi connectivity index (χ1n) is 7.28. The number of methoxy groups -OCH3 is 1. The van der Waals surface area contributed by atoms with E-state index in [1.165, 1.54) is 19.2 Å². The van der Waals surface area contributed by atoms with E-state index in [0.717, 1.165) is 11.5 Å². The van der Waals surface area contributed by atoms with Crippen molar-refractivity contribution in [2.75, 3.05) is 18.6 Å². The van der Waals surface area contributed by atoms with E-state index in [9.17, 15) is 14.9 Å². The number of nitro benzene ring substituents is 1. The molecule has 0 bridgehead atoms. The SMILES string of the molecule is COc1ccc(C(C)=NNC(=O)CC2(C)SCCS2)cc1[N+](=O)[O-]. The first-order chi connectivity index (χ1) is 11.3. The predicted molar refractivity (Wildman–Crippen MR) is 97.9 cm³/mol. The molecule has 0 radical (unpaired) electrons. The Morgan fingerprint density at radius 2 is 2.12 bits per heavy atom. The van der Waals surface area contributed by atoms with E-state index in [4.69, 9.17) is 4.74 Å². The van der Waals surface area contributed by atoms with E-state index >= 15 is 0 Å². The fourth-order valence-electron chi connectivity index (χ4n) is 2.26. The van der Waals surface area contributed by atoms with Crippen molar-refractivity contribution in [3.8, 4) is 5.75 Å². The lowest BCUT2D eigenvalue weighted by molar-refractivity contribution is -0.385. The summed E-state index contributed by atoms with van der Waals surface area (Å²) in [6.07, 6.45) is 0.377. The molecule has 130 valence electrons. The summed E-state index contributed by atoms with van der Waals surface area (Å²) >= 11 is 3.56. The van der Waals surface area contributed by atoms with E-state index in [-0.39, 0.29) is 21.4 Å². The smallest absolute Gasteiger partial charge is 0.311 e. The molecule has 0 spiro atoms. The van der Waals surface area contributed by atoms with Gasteiger partial charge in [0.2, 0.25) is 5.91 Å². The number of carbonyl (C=O) groups is 1. The van der Waals surface area contributed by atoms with Gasteiger partial charge in [0.25, 0.3) is 0 Å². The lowest BCUT2D eigenvalue weighted by Gasteiger charge is -2.19. The number of hydrazone groups is 1. The third-order valence-corrected chi connectivity index (χ3v) is 6.81. The number of nitrogens with one attached hydrogen (secondary N) is 1. The Labute approximate surface area is 148 Å². The standard InChI is InChI=1S/C15H19N3O4S2/c1-10(11-4-5-13(22-3)12(8-11)18(20)21)16-17-14(19)9-15(2)23-6-7-24-15/h4-5,8H,6-7,9H2,1-3H3,(H,17,19). The predicted octanol–water partition coefficient (Wildman–Crippen LogP) is 3.03. The lowest BCUT2D eigenvalue weighted by Crippen LogP contribution is -2.26. The van der Waals surface area contributed by atoms with Gasteiger partial charge in [0, 0.05) is 23.1 Å². The van der Waals surface area contributed by atoms with Crippen LogP contribution in [0, 0.1) is 10.1 Å². The van der Waals surface area contributed by atoms with Crippen molar-refractivity contribution < 1.29 is 14.5 Å². The third kappa shape index (κ3) is 4.64. The van der Waals surface area contributed by atoms with Gasteiger partial charge in [-0.25, -0.2) is 5.43 Å². The van der Waals surface area contributed by atoms with Crippen LogP contribution in [-0.4, -0.2) is 39.2 Å². The van der Waals surface area contributed by atoms with Gasteiger partial charge in [-0.05, 0) is 26.0 Å². The number of rotatable bonds is 6. The van der Waals surface area contributed by atoms with E-state index in [1.807, 2.05) is 0 Å². The molecule has 0 aromatic heterocycles. The molecular weight excluding hydrogens is 350 g/mol. The van der Waals surface area contributed by atoms with Crippen LogP contribution in [0.3, 0.4) is 0 Å². The van der Waals surface area contributed by atoms with Gasteiger partial charge in [-0.2, -0.15) is 5.10 Å². The Morgan fingerprint density at radius 3 is 2.71 bits per heavy atom. The molecule has 0 aliphatic carbocycles. The fraction of sp³-hybridized carbons (Fsp3) is 0.467. The van der Waals surface area contributed by atoms with Crippen molar-refractivity contribution in [2.45, 2.75) is 24.3 Å². The fourth-order valence-corrected chi connectivity index (χ4v) is 5.09. The maximum atomic E-state index is 12.0. The van der Waals surface area contributed by atoms with Crippen LogP contribution in [0.25, 0.3) is 0 Å². The summed E-state index contributed by atoms with van der Waals surface area (Å²) in [7, 11) is 1.38. The molecule has 1 aromatic rings. The molecule has 1 aromatic carbocycles. The van der Waals surface area contributed by atoms with Crippen LogP contribution in [0.1, 0.15) is 25.8 Å². The Morgan fingerprint density at radius 1 is 1.46 bits per heavy atom. The molecule has 7 nitrogen and oxygen atoms in total. The highest BCUT2D eigenvalue weighted by Crippen LogP contribution is 2.45. The summed E-state index contributed by atoms with van der Waals surface area (Å²) in [5.74, 6) is 2.11. The monoisotopic (exact) mass is 369 g/mol. The summed E-state index contributed by atoms with van der Waals surface area (Å²) < 4.78 is 4.86. The molecule has 1 saturated heterocycles. The number of thioether (sulfide) groups is 2. The van der Waals surface area contributed by atoms with E-state index < -0.39 is 4.92 Å². The summed E-state index contributed by atoms with van der Waals surface area (Å²) in [5, 5.41) is 15.1. The first kappa shape index (κ1) is 18.6.